The summed E-state index contributed by atoms with van der Waals surface area (Å²) < 4.78 is 45.0. The van der Waals surface area contributed by atoms with Gasteiger partial charge in [0.1, 0.15) is 112 Å². The molecule has 0 aliphatic carbocycles. The Morgan fingerprint density at radius 1 is 0.246 bits per heavy atom. The van der Waals surface area contributed by atoms with E-state index in [1.54, 1.807) is 146 Å². The second kappa shape index (κ2) is 23.5. The number of hydrogen-bond donors (Lipinski definition) is 0. The van der Waals surface area contributed by atoms with Crippen molar-refractivity contribution >= 4 is 37.7 Å². The molecule has 332 valence electrons. The molecule has 0 bridgehead atoms. The maximum absolute atomic E-state index is 11.4. The van der Waals surface area contributed by atoms with E-state index in [2.05, 4.69) is 0 Å². The van der Waals surface area contributed by atoms with Crippen LogP contribution in [0.2, 0.25) is 0 Å². The molecule has 0 aliphatic rings. The topological polar surface area (TPSA) is 167 Å². The van der Waals surface area contributed by atoms with Gasteiger partial charge in [0.15, 0.2) is 0 Å². The molecule has 0 aromatic heterocycles. The Morgan fingerprint density at radius 3 is 0.538 bits per heavy atom. The Morgan fingerprint density at radius 2 is 0.400 bits per heavy atom. The molecule has 65 heavy (non-hydrogen) atoms. The number of benzene rings is 6. The van der Waals surface area contributed by atoms with E-state index in [4.69, 9.17) is 33.2 Å². The van der Waals surface area contributed by atoms with Crippen molar-refractivity contribution in [2.24, 2.45) is 10.8 Å². The third-order valence-corrected chi connectivity index (χ3v) is 10.2. The van der Waals surface area contributed by atoms with Crippen LogP contribution < -0.4 is 28.4 Å². The average molecular weight is 879 g/mol. The number of rotatable bonds is 28. The standard InChI is InChI=1S/C52H46O13/c53-25-39-1-13-45(14-2-39)60-33-51(34-61-46-15-3-40(26-54)4-16-46,35-62-47-17-5-41(27-55)6-18-47)31-59-32-52(36-63-48-19-7-42(28-56)8-20-48,37-64-49-21-9-43(29-57)10-22-49)38-65-50-23-11-44(30-58)12-24-50/h1-30H,31-38H2. The summed E-state index contributed by atoms with van der Waals surface area (Å²) in [6.07, 6.45) is 4.41. The molecule has 0 saturated heterocycles. The van der Waals surface area contributed by atoms with Gasteiger partial charge in [-0.25, -0.2) is 0 Å². The molecule has 6 aromatic carbocycles. The molecule has 6 aromatic rings. The third kappa shape index (κ3) is 14.1. The van der Waals surface area contributed by atoms with Crippen LogP contribution in [0.25, 0.3) is 0 Å². The average Bonchev–Trinajstić information content (AvgIpc) is 3.37. The van der Waals surface area contributed by atoms with Crippen molar-refractivity contribution in [3.05, 3.63) is 179 Å². The van der Waals surface area contributed by atoms with E-state index < -0.39 is 10.8 Å². The molecule has 0 N–H and O–H groups in total. The van der Waals surface area contributed by atoms with Crippen molar-refractivity contribution in [2.45, 2.75) is 0 Å². The van der Waals surface area contributed by atoms with Gasteiger partial charge in [-0.3, -0.25) is 28.8 Å². The summed E-state index contributed by atoms with van der Waals surface area (Å²) in [4.78, 5) is 68.5. The van der Waals surface area contributed by atoms with E-state index in [0.29, 0.717) is 67.9 Å². The molecule has 0 unspecified atom stereocenters. The zero-order valence-corrected chi connectivity index (χ0v) is 35.3. The molecule has 0 heterocycles. The van der Waals surface area contributed by atoms with Crippen LogP contribution in [0.3, 0.4) is 0 Å². The summed E-state index contributed by atoms with van der Waals surface area (Å²) in [7, 11) is 0. The summed E-state index contributed by atoms with van der Waals surface area (Å²) in [5, 5.41) is 0. The maximum atomic E-state index is 11.4. The highest BCUT2D eigenvalue weighted by atomic mass is 16.5. The van der Waals surface area contributed by atoms with Crippen molar-refractivity contribution in [3.8, 4) is 34.5 Å². The number of carbonyl (C=O) groups is 6. The minimum absolute atomic E-state index is 0.0159. The van der Waals surface area contributed by atoms with Crippen LogP contribution in [0.1, 0.15) is 62.1 Å². The summed E-state index contributed by atoms with van der Waals surface area (Å²) in [5.41, 5.74) is 0.665. The Labute approximate surface area is 375 Å². The quantitative estimate of drug-likeness (QED) is 0.0432. The molecule has 0 radical (unpaired) electrons. The lowest BCUT2D eigenvalue weighted by Crippen LogP contribution is -2.48. The zero-order chi connectivity index (χ0) is 45.7. The smallest absolute Gasteiger partial charge is 0.150 e. The van der Waals surface area contributed by atoms with Crippen molar-refractivity contribution in [3.63, 3.8) is 0 Å². The number of ether oxygens (including phenoxy) is 7. The van der Waals surface area contributed by atoms with Gasteiger partial charge in [-0.05, 0) is 146 Å². The molecule has 13 heteroatoms. The maximum Gasteiger partial charge on any atom is 0.150 e. The fourth-order valence-electron chi connectivity index (χ4n) is 6.26. The highest BCUT2D eigenvalue weighted by Gasteiger charge is 2.39. The second-order valence-corrected chi connectivity index (χ2v) is 15.3. The Balaban J connectivity index is 1.35. The van der Waals surface area contributed by atoms with Gasteiger partial charge in [0.05, 0.1) is 24.0 Å². The van der Waals surface area contributed by atoms with Crippen molar-refractivity contribution in [1.82, 2.24) is 0 Å². The summed E-state index contributed by atoms with van der Waals surface area (Å²) >= 11 is 0. The van der Waals surface area contributed by atoms with E-state index in [1.807, 2.05) is 0 Å². The monoisotopic (exact) mass is 878 g/mol. The van der Waals surface area contributed by atoms with Gasteiger partial charge in [-0.2, -0.15) is 0 Å². The van der Waals surface area contributed by atoms with Crippen molar-refractivity contribution in [2.75, 3.05) is 52.9 Å². The molecule has 13 nitrogen and oxygen atoms in total. The molecule has 0 spiro atoms. The van der Waals surface area contributed by atoms with Crippen LogP contribution in [0, 0.1) is 10.8 Å². The van der Waals surface area contributed by atoms with Gasteiger partial charge in [0.2, 0.25) is 0 Å². The normalized spacial score (nSPS) is 11.1. The zero-order valence-electron chi connectivity index (χ0n) is 35.3. The molecule has 0 saturated carbocycles. The Bertz CT molecular complexity index is 2000. The Kier molecular flexibility index (Phi) is 16.9. The van der Waals surface area contributed by atoms with Crippen molar-refractivity contribution < 1.29 is 61.9 Å². The number of hydrogen-bond acceptors (Lipinski definition) is 13. The fraction of sp³-hybridized carbons (Fsp3) is 0.192. The minimum Gasteiger partial charge on any atom is -0.493 e. The van der Waals surface area contributed by atoms with E-state index in [9.17, 15) is 28.8 Å². The van der Waals surface area contributed by atoms with Gasteiger partial charge in [-0.1, -0.05) is 0 Å². The van der Waals surface area contributed by atoms with E-state index in [1.165, 1.54) is 0 Å². The molecule has 0 aliphatic heterocycles. The first-order chi connectivity index (χ1) is 31.8. The van der Waals surface area contributed by atoms with Crippen LogP contribution in [-0.4, -0.2) is 90.6 Å². The van der Waals surface area contributed by atoms with Crippen LogP contribution in [-0.2, 0) is 4.74 Å². The number of aldehydes is 6. The van der Waals surface area contributed by atoms with Crippen LogP contribution >= 0.6 is 0 Å². The van der Waals surface area contributed by atoms with Gasteiger partial charge in [-0.15, -0.1) is 0 Å². The van der Waals surface area contributed by atoms with Crippen LogP contribution in [0.15, 0.2) is 146 Å². The first-order valence-corrected chi connectivity index (χ1v) is 20.4. The van der Waals surface area contributed by atoms with Gasteiger partial charge in [0.25, 0.3) is 0 Å². The lowest BCUT2D eigenvalue weighted by atomic mass is 9.90. The summed E-state index contributed by atoms with van der Waals surface area (Å²) in [6.45, 7) is -0.186. The molecular weight excluding hydrogens is 833 g/mol. The van der Waals surface area contributed by atoms with Crippen molar-refractivity contribution in [1.29, 1.82) is 0 Å². The first-order valence-electron chi connectivity index (χ1n) is 20.4. The molecular formula is C52H46O13. The van der Waals surface area contributed by atoms with Gasteiger partial charge < -0.3 is 33.2 Å². The van der Waals surface area contributed by atoms with E-state index >= 15 is 0 Å². The summed E-state index contributed by atoms with van der Waals surface area (Å²) in [6, 6.07) is 39.7. The summed E-state index contributed by atoms with van der Waals surface area (Å²) in [5.74, 6) is 2.82. The fourth-order valence-corrected chi connectivity index (χ4v) is 6.26. The van der Waals surface area contributed by atoms with Gasteiger partial charge in [0, 0.05) is 33.4 Å². The lowest BCUT2D eigenvalue weighted by molar-refractivity contribution is -0.0870. The highest BCUT2D eigenvalue weighted by molar-refractivity contribution is 5.77. The first kappa shape index (κ1) is 46.6. The molecule has 0 fully saturated rings. The molecule has 0 amide bonds. The van der Waals surface area contributed by atoms with E-state index in [-0.39, 0.29) is 52.9 Å². The largest absolute Gasteiger partial charge is 0.493 e. The predicted octanol–water partition coefficient (Wildman–Crippen LogP) is 8.32. The highest BCUT2D eigenvalue weighted by Crippen LogP contribution is 2.30. The lowest BCUT2D eigenvalue weighted by Gasteiger charge is -2.36. The third-order valence-electron chi connectivity index (χ3n) is 10.2. The molecule has 6 rings (SSSR count). The molecule has 0 atom stereocenters. The van der Waals surface area contributed by atoms with Gasteiger partial charge >= 0.3 is 0 Å². The predicted molar refractivity (Wildman–Crippen MR) is 240 cm³/mol. The van der Waals surface area contributed by atoms with Crippen LogP contribution in [0.5, 0.6) is 34.5 Å². The van der Waals surface area contributed by atoms with Crippen LogP contribution in [0.4, 0.5) is 0 Å². The second-order valence-electron chi connectivity index (χ2n) is 15.3. The number of carbonyl (C=O) groups excluding carboxylic acids is 6. The minimum atomic E-state index is -1.08. The SMILES string of the molecule is O=Cc1ccc(OCC(COCC(COc2ccc(C=O)cc2)(COc2ccc(C=O)cc2)COc2ccc(C=O)cc2)(COc2ccc(C=O)cc2)COc2ccc(C=O)cc2)cc1. The Hall–Kier alpha value is -7.90. The van der Waals surface area contributed by atoms with E-state index in [0.717, 1.165) is 37.7 Å².